The quantitative estimate of drug-likeness (QED) is 0.568. The Kier molecular flexibility index (Phi) is 4.59. The van der Waals surface area contributed by atoms with E-state index in [1.165, 1.54) is 12.1 Å². The Labute approximate surface area is 155 Å². The predicted molar refractivity (Wildman–Crippen MR) is 102 cm³/mol. The number of fused-ring (bicyclic) bond motifs is 1. The molecule has 6 heteroatoms. The normalized spacial score (nSPS) is 15.3. The smallest absolute Gasteiger partial charge is 0.197 e. The molecular formula is C21H21NO5. The lowest BCUT2D eigenvalue weighted by Crippen LogP contribution is -2.27. The van der Waals surface area contributed by atoms with Crippen molar-refractivity contribution in [1.29, 1.82) is 0 Å². The van der Waals surface area contributed by atoms with Gasteiger partial charge in [0.05, 0.1) is 12.2 Å². The van der Waals surface area contributed by atoms with Gasteiger partial charge in [0.1, 0.15) is 28.2 Å². The van der Waals surface area contributed by atoms with E-state index in [0.717, 1.165) is 31.5 Å². The molecule has 0 atom stereocenters. The molecule has 4 N–H and O–H groups in total. The van der Waals surface area contributed by atoms with Crippen LogP contribution in [0.15, 0.2) is 45.6 Å². The topological polar surface area (TPSA) is 103 Å². The molecular weight excluding hydrogens is 346 g/mol. The van der Waals surface area contributed by atoms with E-state index in [2.05, 4.69) is 5.32 Å². The Balaban J connectivity index is 2.01. The van der Waals surface area contributed by atoms with Gasteiger partial charge in [0.25, 0.3) is 0 Å². The number of nitrogens with one attached hydrogen (secondary N) is 1. The third-order valence-electron chi connectivity index (χ3n) is 5.20. The van der Waals surface area contributed by atoms with Crippen molar-refractivity contribution in [3.8, 4) is 22.8 Å². The van der Waals surface area contributed by atoms with E-state index >= 15 is 0 Å². The minimum Gasteiger partial charge on any atom is -0.507 e. The van der Waals surface area contributed by atoms with Crippen molar-refractivity contribution in [3.63, 3.8) is 0 Å². The molecule has 0 spiro atoms. The number of hydrogen-bond acceptors (Lipinski definition) is 6. The molecule has 0 amide bonds. The zero-order valence-corrected chi connectivity index (χ0v) is 14.7. The highest BCUT2D eigenvalue weighted by molar-refractivity contribution is 5.89. The van der Waals surface area contributed by atoms with Gasteiger partial charge < -0.3 is 25.1 Å². The average molecular weight is 367 g/mol. The van der Waals surface area contributed by atoms with Gasteiger partial charge in [0.15, 0.2) is 5.43 Å². The molecule has 0 saturated carbocycles. The second-order valence-electron chi connectivity index (χ2n) is 6.85. The summed E-state index contributed by atoms with van der Waals surface area (Å²) in [5, 5.41) is 33.6. The van der Waals surface area contributed by atoms with Gasteiger partial charge in [-0.15, -0.1) is 0 Å². The maximum Gasteiger partial charge on any atom is 0.197 e. The minimum atomic E-state index is -0.405. The van der Waals surface area contributed by atoms with Crippen molar-refractivity contribution in [3.05, 3.63) is 57.7 Å². The Bertz CT molecular complexity index is 1050. The van der Waals surface area contributed by atoms with Crippen LogP contribution in [0.5, 0.6) is 11.5 Å². The summed E-state index contributed by atoms with van der Waals surface area (Å²) in [6, 6.07) is 9.64. The fraction of sp³-hybridized carbons (Fsp3) is 0.286. The van der Waals surface area contributed by atoms with Gasteiger partial charge in [0.2, 0.25) is 0 Å². The number of aromatic hydroxyl groups is 2. The molecule has 6 nitrogen and oxygen atoms in total. The first-order valence-corrected chi connectivity index (χ1v) is 9.02. The summed E-state index contributed by atoms with van der Waals surface area (Å²) in [5.74, 6) is 0.168. The molecule has 0 radical (unpaired) electrons. The summed E-state index contributed by atoms with van der Waals surface area (Å²) in [6.45, 7) is 1.34. The van der Waals surface area contributed by atoms with Gasteiger partial charge in [0, 0.05) is 11.6 Å². The number of hydrogen-bond donors (Lipinski definition) is 4. The Morgan fingerprint density at radius 2 is 1.85 bits per heavy atom. The summed E-state index contributed by atoms with van der Waals surface area (Å²) < 4.78 is 6.05. The molecule has 2 heterocycles. The number of benzene rings is 2. The molecule has 1 fully saturated rings. The van der Waals surface area contributed by atoms with Crippen LogP contribution in [0.4, 0.5) is 0 Å². The van der Waals surface area contributed by atoms with Crippen LogP contribution in [0.2, 0.25) is 0 Å². The van der Waals surface area contributed by atoms with Crippen LogP contribution >= 0.6 is 0 Å². The van der Waals surface area contributed by atoms with Crippen molar-refractivity contribution in [2.45, 2.75) is 25.4 Å². The largest absolute Gasteiger partial charge is 0.507 e. The molecule has 1 aliphatic heterocycles. The van der Waals surface area contributed by atoms with Gasteiger partial charge in [-0.25, -0.2) is 0 Å². The fourth-order valence-electron chi connectivity index (χ4n) is 3.77. The van der Waals surface area contributed by atoms with E-state index in [1.807, 2.05) is 0 Å². The van der Waals surface area contributed by atoms with Crippen LogP contribution in [-0.4, -0.2) is 28.4 Å². The summed E-state index contributed by atoms with van der Waals surface area (Å²) in [4.78, 5) is 12.8. The highest BCUT2D eigenvalue weighted by atomic mass is 16.3. The Hall–Kier alpha value is -2.83. The van der Waals surface area contributed by atoms with Crippen molar-refractivity contribution >= 4 is 11.0 Å². The molecule has 0 aliphatic carbocycles. The zero-order valence-electron chi connectivity index (χ0n) is 14.7. The maximum atomic E-state index is 12.8. The fourth-order valence-corrected chi connectivity index (χ4v) is 3.77. The van der Waals surface area contributed by atoms with Gasteiger partial charge in [-0.2, -0.15) is 0 Å². The standard InChI is InChI=1S/C21H21NO5/c23-11-13-9-15(12-5-7-22-8-6-12)21-19(20(13)26)17(25)10-18(27-21)14-3-1-2-4-16(14)24/h1-4,9-10,12,22-24,26H,5-8,11H2. The van der Waals surface area contributed by atoms with Crippen molar-refractivity contribution in [1.82, 2.24) is 5.32 Å². The van der Waals surface area contributed by atoms with E-state index < -0.39 is 5.43 Å². The summed E-state index contributed by atoms with van der Waals surface area (Å²) in [7, 11) is 0. The van der Waals surface area contributed by atoms with Crippen molar-refractivity contribution in [2.75, 3.05) is 13.1 Å². The molecule has 0 bridgehead atoms. The van der Waals surface area contributed by atoms with E-state index in [-0.39, 0.29) is 35.2 Å². The van der Waals surface area contributed by atoms with E-state index in [1.54, 1.807) is 24.3 Å². The summed E-state index contributed by atoms with van der Waals surface area (Å²) >= 11 is 0. The number of phenolic OH excluding ortho intramolecular Hbond substituents is 1. The average Bonchev–Trinajstić information content (AvgIpc) is 2.69. The lowest BCUT2D eigenvalue weighted by atomic mass is 9.87. The maximum absolute atomic E-state index is 12.8. The van der Waals surface area contributed by atoms with Crippen LogP contribution in [0.3, 0.4) is 0 Å². The van der Waals surface area contributed by atoms with Crippen molar-refractivity contribution < 1.29 is 19.7 Å². The second-order valence-corrected chi connectivity index (χ2v) is 6.85. The zero-order chi connectivity index (χ0) is 19.0. The summed E-state index contributed by atoms with van der Waals surface area (Å²) in [5.41, 5.74) is 1.46. The van der Waals surface area contributed by atoms with Crippen LogP contribution in [0.1, 0.15) is 29.9 Å². The van der Waals surface area contributed by atoms with E-state index in [0.29, 0.717) is 16.7 Å². The Morgan fingerprint density at radius 3 is 2.56 bits per heavy atom. The molecule has 140 valence electrons. The molecule has 1 aliphatic rings. The number of aliphatic hydroxyl groups is 1. The summed E-state index contributed by atoms with van der Waals surface area (Å²) in [6.07, 6.45) is 1.74. The van der Waals surface area contributed by atoms with Crippen LogP contribution in [-0.2, 0) is 6.61 Å². The van der Waals surface area contributed by atoms with Gasteiger partial charge in [-0.1, -0.05) is 12.1 Å². The SMILES string of the molecule is O=c1cc(-c2ccccc2O)oc2c(C3CCNCC3)cc(CO)c(O)c12. The molecule has 1 aromatic heterocycles. The lowest BCUT2D eigenvalue weighted by molar-refractivity contribution is 0.275. The Morgan fingerprint density at radius 1 is 1.11 bits per heavy atom. The predicted octanol–water partition coefficient (Wildman–Crippen LogP) is 2.83. The first-order valence-electron chi connectivity index (χ1n) is 9.02. The second kappa shape index (κ2) is 7.06. The molecule has 1 saturated heterocycles. The van der Waals surface area contributed by atoms with Crippen LogP contribution in [0, 0.1) is 0 Å². The van der Waals surface area contributed by atoms with Gasteiger partial charge in [-0.05, 0) is 55.6 Å². The lowest BCUT2D eigenvalue weighted by Gasteiger charge is -2.24. The minimum absolute atomic E-state index is 0.0135. The highest BCUT2D eigenvalue weighted by Gasteiger charge is 2.24. The van der Waals surface area contributed by atoms with Crippen LogP contribution < -0.4 is 10.7 Å². The van der Waals surface area contributed by atoms with Crippen molar-refractivity contribution in [2.24, 2.45) is 0 Å². The van der Waals surface area contributed by atoms with Gasteiger partial charge in [-0.3, -0.25) is 4.79 Å². The third kappa shape index (κ3) is 3.07. The molecule has 2 aromatic carbocycles. The molecule has 0 unspecified atom stereocenters. The van der Waals surface area contributed by atoms with E-state index in [9.17, 15) is 20.1 Å². The number of phenols is 2. The number of rotatable bonds is 3. The highest BCUT2D eigenvalue weighted by Crippen LogP contribution is 2.39. The van der Waals surface area contributed by atoms with E-state index in [4.69, 9.17) is 4.42 Å². The number of piperidine rings is 1. The molecule has 4 rings (SSSR count). The first-order chi connectivity index (χ1) is 13.1. The first kappa shape index (κ1) is 17.6. The van der Waals surface area contributed by atoms with Gasteiger partial charge >= 0.3 is 0 Å². The monoisotopic (exact) mass is 367 g/mol. The number of para-hydroxylation sites is 1. The molecule has 27 heavy (non-hydrogen) atoms. The third-order valence-corrected chi connectivity index (χ3v) is 5.20. The van der Waals surface area contributed by atoms with Crippen LogP contribution in [0.25, 0.3) is 22.3 Å². The number of aliphatic hydroxyl groups excluding tert-OH is 1. The molecule has 3 aromatic rings.